The van der Waals surface area contributed by atoms with Crippen LogP contribution in [0.25, 0.3) is 0 Å². The molecule has 1 nitrogen and oxygen atoms in total. The second-order valence-corrected chi connectivity index (χ2v) is 2.94. The van der Waals surface area contributed by atoms with Crippen LogP contribution >= 0.6 is 11.6 Å². The van der Waals surface area contributed by atoms with Gasteiger partial charge < -0.3 is 5.73 Å². The Balaban J connectivity index is 0.000000791. The molecule has 0 radical (unpaired) electrons. The highest BCUT2D eigenvalue weighted by molar-refractivity contribution is 6.32. The van der Waals surface area contributed by atoms with Crippen molar-refractivity contribution >= 4 is 17.3 Å². The Hall–Kier alpha value is -1.13. The predicted octanol–water partition coefficient (Wildman–Crippen LogP) is 3.49. The minimum absolute atomic E-state index is 0.564. The molecule has 0 aliphatic rings. The zero-order valence-electron chi connectivity index (χ0n) is 8.89. The van der Waals surface area contributed by atoms with Crippen LogP contribution in [0, 0.1) is 12.3 Å². The van der Waals surface area contributed by atoms with Gasteiger partial charge >= 0.3 is 0 Å². The summed E-state index contributed by atoms with van der Waals surface area (Å²) in [6.07, 6.45) is 6.15. The Morgan fingerprint density at radius 2 is 2.00 bits per heavy atom. The lowest BCUT2D eigenvalue weighted by atomic mass is 10.1. The van der Waals surface area contributed by atoms with Gasteiger partial charge in [-0.1, -0.05) is 38.3 Å². The van der Waals surface area contributed by atoms with Gasteiger partial charge in [0.1, 0.15) is 0 Å². The van der Waals surface area contributed by atoms with Crippen LogP contribution in [0.15, 0.2) is 12.1 Å². The number of nitrogens with two attached hydrogens (primary N) is 1. The predicted molar refractivity (Wildman–Crippen MR) is 64.5 cm³/mol. The van der Waals surface area contributed by atoms with E-state index < -0.39 is 0 Å². The van der Waals surface area contributed by atoms with Crippen LogP contribution in [0.3, 0.4) is 0 Å². The van der Waals surface area contributed by atoms with Crippen molar-refractivity contribution in [1.82, 2.24) is 0 Å². The van der Waals surface area contributed by atoms with E-state index in [2.05, 4.69) is 5.92 Å². The molecule has 0 atom stereocenters. The van der Waals surface area contributed by atoms with E-state index in [-0.39, 0.29) is 0 Å². The van der Waals surface area contributed by atoms with Crippen molar-refractivity contribution in [3.05, 3.63) is 28.3 Å². The van der Waals surface area contributed by atoms with Crippen LogP contribution in [0.1, 0.15) is 31.9 Å². The van der Waals surface area contributed by atoms with Crippen molar-refractivity contribution in [2.75, 3.05) is 5.73 Å². The molecule has 0 aromatic heterocycles. The fourth-order valence-corrected chi connectivity index (χ4v) is 1.43. The van der Waals surface area contributed by atoms with Crippen LogP contribution in [0.5, 0.6) is 0 Å². The SMILES string of the molecule is C#Cc1c(Cl)cc(N)cc1CC.CC. The Labute approximate surface area is 91.3 Å². The number of nitrogen functional groups attached to an aromatic ring is 1. The summed E-state index contributed by atoms with van der Waals surface area (Å²) in [5.74, 6) is 2.55. The van der Waals surface area contributed by atoms with Gasteiger partial charge in [-0.3, -0.25) is 0 Å². The Morgan fingerprint density at radius 3 is 2.43 bits per heavy atom. The molecule has 0 fully saturated rings. The Bertz CT molecular complexity index is 337. The number of halogens is 1. The van der Waals surface area contributed by atoms with E-state index in [1.165, 1.54) is 0 Å². The van der Waals surface area contributed by atoms with Crippen molar-refractivity contribution in [2.24, 2.45) is 0 Å². The lowest BCUT2D eigenvalue weighted by Gasteiger charge is -2.05. The lowest BCUT2D eigenvalue weighted by Crippen LogP contribution is -1.93. The molecular weight excluding hydrogens is 194 g/mol. The highest BCUT2D eigenvalue weighted by Gasteiger charge is 2.03. The van der Waals surface area contributed by atoms with Gasteiger partial charge in [0.15, 0.2) is 0 Å². The Morgan fingerprint density at radius 1 is 1.43 bits per heavy atom. The zero-order valence-corrected chi connectivity index (χ0v) is 9.65. The van der Waals surface area contributed by atoms with Gasteiger partial charge in [-0.05, 0) is 24.1 Å². The van der Waals surface area contributed by atoms with E-state index in [0.717, 1.165) is 17.5 Å². The molecule has 0 amide bonds. The van der Waals surface area contributed by atoms with Crippen LogP contribution in [-0.2, 0) is 6.42 Å². The molecule has 1 rings (SSSR count). The number of hydrogen-bond acceptors (Lipinski definition) is 1. The highest BCUT2D eigenvalue weighted by Crippen LogP contribution is 2.23. The molecule has 0 saturated heterocycles. The van der Waals surface area contributed by atoms with Gasteiger partial charge in [0.25, 0.3) is 0 Å². The first kappa shape index (κ1) is 12.9. The van der Waals surface area contributed by atoms with Crippen molar-refractivity contribution in [2.45, 2.75) is 27.2 Å². The molecule has 0 bridgehead atoms. The van der Waals surface area contributed by atoms with E-state index in [1.807, 2.05) is 26.8 Å². The molecule has 0 heterocycles. The third kappa shape index (κ3) is 2.97. The maximum atomic E-state index is 5.89. The lowest BCUT2D eigenvalue weighted by molar-refractivity contribution is 1.13. The molecule has 2 N–H and O–H groups in total. The second-order valence-electron chi connectivity index (χ2n) is 2.53. The van der Waals surface area contributed by atoms with Gasteiger partial charge in [0.05, 0.1) is 5.02 Å². The summed E-state index contributed by atoms with van der Waals surface area (Å²) in [5.41, 5.74) is 8.06. The fourth-order valence-electron chi connectivity index (χ4n) is 1.13. The largest absolute Gasteiger partial charge is 0.399 e. The van der Waals surface area contributed by atoms with Crippen molar-refractivity contribution < 1.29 is 0 Å². The van der Waals surface area contributed by atoms with Crippen LogP contribution in [0.4, 0.5) is 5.69 Å². The quantitative estimate of drug-likeness (QED) is 0.556. The van der Waals surface area contributed by atoms with Gasteiger partial charge in [0, 0.05) is 11.3 Å². The average Bonchev–Trinajstić information content (AvgIpc) is 2.19. The molecule has 76 valence electrons. The fraction of sp³-hybridized carbons (Fsp3) is 0.333. The van der Waals surface area contributed by atoms with Gasteiger partial charge in [-0.2, -0.15) is 0 Å². The first-order valence-corrected chi connectivity index (χ1v) is 5.11. The summed E-state index contributed by atoms with van der Waals surface area (Å²) in [7, 11) is 0. The molecular formula is C12H16ClN. The topological polar surface area (TPSA) is 26.0 Å². The summed E-state index contributed by atoms with van der Waals surface area (Å²) >= 11 is 5.89. The number of aryl methyl sites for hydroxylation is 1. The zero-order chi connectivity index (χ0) is 11.1. The molecule has 2 heteroatoms. The maximum absolute atomic E-state index is 5.89. The molecule has 0 aliphatic heterocycles. The number of hydrogen-bond donors (Lipinski definition) is 1. The normalized spacial score (nSPS) is 8.50. The molecule has 1 aromatic carbocycles. The van der Waals surface area contributed by atoms with E-state index in [1.54, 1.807) is 6.07 Å². The average molecular weight is 210 g/mol. The van der Waals surface area contributed by atoms with Gasteiger partial charge in [-0.25, -0.2) is 0 Å². The highest BCUT2D eigenvalue weighted by atomic mass is 35.5. The first-order valence-electron chi connectivity index (χ1n) is 4.73. The van der Waals surface area contributed by atoms with Crippen molar-refractivity contribution in [3.8, 4) is 12.3 Å². The van der Waals surface area contributed by atoms with Gasteiger partial charge in [0.2, 0.25) is 0 Å². The molecule has 0 unspecified atom stereocenters. The molecule has 0 saturated carbocycles. The summed E-state index contributed by atoms with van der Waals surface area (Å²) in [6, 6.07) is 3.54. The van der Waals surface area contributed by atoms with Crippen LogP contribution < -0.4 is 5.73 Å². The molecule has 0 aliphatic carbocycles. The van der Waals surface area contributed by atoms with E-state index in [0.29, 0.717) is 10.7 Å². The number of benzene rings is 1. The minimum Gasteiger partial charge on any atom is -0.399 e. The summed E-state index contributed by atoms with van der Waals surface area (Å²) in [4.78, 5) is 0. The van der Waals surface area contributed by atoms with E-state index >= 15 is 0 Å². The smallest absolute Gasteiger partial charge is 0.0585 e. The van der Waals surface area contributed by atoms with Crippen LogP contribution in [0.2, 0.25) is 5.02 Å². The molecule has 14 heavy (non-hydrogen) atoms. The standard InChI is InChI=1S/C10H10ClN.C2H6/c1-3-7-5-8(12)6-10(11)9(7)4-2;1-2/h2,5-6H,3,12H2,1H3;1-2H3. The Kier molecular flexibility index (Phi) is 5.83. The minimum atomic E-state index is 0.564. The summed E-state index contributed by atoms with van der Waals surface area (Å²) in [6.45, 7) is 6.02. The van der Waals surface area contributed by atoms with Crippen molar-refractivity contribution in [3.63, 3.8) is 0 Å². The van der Waals surface area contributed by atoms with E-state index in [9.17, 15) is 0 Å². The summed E-state index contributed by atoms with van der Waals surface area (Å²) < 4.78 is 0. The third-order valence-corrected chi connectivity index (χ3v) is 2.02. The summed E-state index contributed by atoms with van der Waals surface area (Å²) in [5, 5.41) is 0.564. The third-order valence-electron chi connectivity index (χ3n) is 1.72. The number of terminal acetylenes is 1. The maximum Gasteiger partial charge on any atom is 0.0585 e. The van der Waals surface area contributed by atoms with Crippen molar-refractivity contribution in [1.29, 1.82) is 0 Å². The monoisotopic (exact) mass is 209 g/mol. The van der Waals surface area contributed by atoms with Crippen LogP contribution in [-0.4, -0.2) is 0 Å². The first-order chi connectivity index (χ1) is 6.69. The number of anilines is 1. The second kappa shape index (κ2) is 6.34. The molecule has 1 aromatic rings. The number of rotatable bonds is 1. The van der Waals surface area contributed by atoms with Gasteiger partial charge in [-0.15, -0.1) is 6.42 Å². The van der Waals surface area contributed by atoms with E-state index in [4.69, 9.17) is 23.8 Å². The molecule has 0 spiro atoms.